The summed E-state index contributed by atoms with van der Waals surface area (Å²) in [5.41, 5.74) is 2.27. The molecule has 0 bridgehead atoms. The molecule has 1 saturated heterocycles. The first-order valence-corrected chi connectivity index (χ1v) is 12.5. The van der Waals surface area contributed by atoms with E-state index in [2.05, 4.69) is 9.97 Å². The van der Waals surface area contributed by atoms with Gasteiger partial charge in [0.25, 0.3) is 5.56 Å². The zero-order valence-corrected chi connectivity index (χ0v) is 20.4. The zero-order chi connectivity index (χ0) is 24.5. The highest BCUT2D eigenvalue weighted by molar-refractivity contribution is 7.10. The van der Waals surface area contributed by atoms with Crippen LogP contribution in [0.4, 0.5) is 5.69 Å². The molecule has 0 radical (unpaired) electrons. The van der Waals surface area contributed by atoms with E-state index >= 15 is 0 Å². The topological polar surface area (TPSA) is 86.4 Å². The maximum atomic E-state index is 13.8. The highest BCUT2D eigenvalue weighted by Crippen LogP contribution is 2.42. The number of nitrogens with zero attached hydrogens (tertiary/aromatic N) is 3. The summed E-state index contributed by atoms with van der Waals surface area (Å²) in [5.74, 6) is -0.0485. The molecule has 0 spiro atoms. The van der Waals surface area contributed by atoms with Gasteiger partial charge in [-0.05, 0) is 49.1 Å². The minimum Gasteiger partial charge on any atom is -0.338 e. The Hall–Kier alpha value is -3.78. The Balaban J connectivity index is 1.46. The van der Waals surface area contributed by atoms with Gasteiger partial charge in [-0.1, -0.05) is 35.9 Å². The van der Waals surface area contributed by atoms with Gasteiger partial charge in [0.1, 0.15) is 5.82 Å². The summed E-state index contributed by atoms with van der Waals surface area (Å²) in [5, 5.41) is 2.49. The number of thiophene rings is 1. The molecule has 178 valence electrons. The van der Waals surface area contributed by atoms with E-state index in [1.165, 1.54) is 0 Å². The third-order valence-electron chi connectivity index (χ3n) is 6.49. The first-order valence-electron chi connectivity index (χ1n) is 11.6. The van der Waals surface area contributed by atoms with Crippen LogP contribution in [0, 0.1) is 12.8 Å². The van der Waals surface area contributed by atoms with Crippen LogP contribution in [-0.2, 0) is 16.1 Å². The van der Waals surface area contributed by atoms with Gasteiger partial charge in [-0.2, -0.15) is 0 Å². The van der Waals surface area contributed by atoms with E-state index in [-0.39, 0.29) is 23.9 Å². The van der Waals surface area contributed by atoms with Crippen molar-refractivity contribution in [3.05, 3.63) is 92.7 Å². The third-order valence-corrected chi connectivity index (χ3v) is 7.43. The first-order chi connectivity index (χ1) is 16.9. The van der Waals surface area contributed by atoms with Crippen molar-refractivity contribution < 1.29 is 9.59 Å². The number of piperidine rings is 1. The fourth-order valence-corrected chi connectivity index (χ4v) is 5.62. The number of aromatic nitrogens is 2. The van der Waals surface area contributed by atoms with Crippen molar-refractivity contribution in [2.45, 2.75) is 32.4 Å². The van der Waals surface area contributed by atoms with Gasteiger partial charge in [0, 0.05) is 24.0 Å². The molecule has 8 heteroatoms. The van der Waals surface area contributed by atoms with Crippen molar-refractivity contribution in [1.82, 2.24) is 14.9 Å². The van der Waals surface area contributed by atoms with Crippen LogP contribution in [0.5, 0.6) is 0 Å². The maximum Gasteiger partial charge on any atom is 0.258 e. The Morgan fingerprint density at radius 1 is 1.11 bits per heavy atom. The lowest BCUT2D eigenvalue weighted by molar-refractivity contribution is -0.137. The van der Waals surface area contributed by atoms with Gasteiger partial charge in [-0.15, -0.1) is 11.3 Å². The molecule has 2 aromatic carbocycles. The number of fused-ring (bicyclic) bond motifs is 1. The van der Waals surface area contributed by atoms with E-state index in [0.717, 1.165) is 16.1 Å². The molecule has 0 unspecified atom stereocenters. The van der Waals surface area contributed by atoms with Crippen LogP contribution in [0.1, 0.15) is 35.1 Å². The molecule has 3 heterocycles. The molecule has 7 nitrogen and oxygen atoms in total. The molecule has 4 aromatic rings. The van der Waals surface area contributed by atoms with Gasteiger partial charge in [0.05, 0.1) is 29.4 Å². The van der Waals surface area contributed by atoms with Gasteiger partial charge in [-0.25, -0.2) is 4.98 Å². The number of benzene rings is 2. The number of carbonyl (C=O) groups excluding carboxylic acids is 2. The number of H-pyrrole nitrogens is 1. The Morgan fingerprint density at radius 2 is 1.89 bits per heavy atom. The van der Waals surface area contributed by atoms with Crippen LogP contribution in [0.25, 0.3) is 10.9 Å². The van der Waals surface area contributed by atoms with Crippen molar-refractivity contribution in [2.24, 2.45) is 5.92 Å². The van der Waals surface area contributed by atoms with Gasteiger partial charge >= 0.3 is 0 Å². The average Bonchev–Trinajstić information content (AvgIpc) is 3.39. The standard InChI is InChI=1S/C27H26N4O3S/c1-17-9-11-18(12-10-17)31-24(32)14-13-20(25(31)22-8-5-15-35-22)27(34)30(2)16-23-28-21-7-4-3-6-19(21)26(33)29-23/h3-12,15,20,25H,13-14,16H2,1-2H3,(H,28,29,33)/t20-,25-/m1/s1. The third kappa shape index (κ3) is 4.49. The van der Waals surface area contributed by atoms with E-state index in [9.17, 15) is 14.4 Å². The zero-order valence-electron chi connectivity index (χ0n) is 19.6. The lowest BCUT2D eigenvalue weighted by atomic mass is 9.86. The molecular formula is C27H26N4O3S. The van der Waals surface area contributed by atoms with Crippen molar-refractivity contribution >= 4 is 39.7 Å². The molecule has 0 saturated carbocycles. The second-order valence-electron chi connectivity index (χ2n) is 8.93. The van der Waals surface area contributed by atoms with Gasteiger partial charge < -0.3 is 14.8 Å². The Morgan fingerprint density at radius 3 is 2.63 bits per heavy atom. The van der Waals surface area contributed by atoms with Crippen LogP contribution in [0.2, 0.25) is 0 Å². The molecular weight excluding hydrogens is 460 g/mol. The van der Waals surface area contributed by atoms with E-state index in [1.54, 1.807) is 46.4 Å². The normalized spacial score (nSPS) is 18.1. The number of aromatic amines is 1. The maximum absolute atomic E-state index is 13.8. The highest BCUT2D eigenvalue weighted by Gasteiger charge is 2.43. The number of carbonyl (C=O) groups is 2. The molecule has 1 N–H and O–H groups in total. The minimum atomic E-state index is -0.412. The second-order valence-corrected chi connectivity index (χ2v) is 9.91. The fraction of sp³-hybridized carbons (Fsp3) is 0.259. The van der Waals surface area contributed by atoms with Crippen molar-refractivity contribution in [2.75, 3.05) is 11.9 Å². The number of amides is 2. The van der Waals surface area contributed by atoms with Gasteiger partial charge in [0.15, 0.2) is 0 Å². The molecule has 5 rings (SSSR count). The lowest BCUT2D eigenvalue weighted by Crippen LogP contribution is -2.48. The predicted octanol–water partition coefficient (Wildman–Crippen LogP) is 4.44. The largest absolute Gasteiger partial charge is 0.338 e. The van der Waals surface area contributed by atoms with Crippen molar-refractivity contribution in [3.63, 3.8) is 0 Å². The van der Waals surface area contributed by atoms with Crippen LogP contribution in [-0.4, -0.2) is 33.7 Å². The summed E-state index contributed by atoms with van der Waals surface area (Å²) in [6.45, 7) is 2.18. The molecule has 0 aliphatic carbocycles. The average molecular weight is 487 g/mol. The number of para-hydroxylation sites is 1. The number of hydrogen-bond acceptors (Lipinski definition) is 5. The number of aryl methyl sites for hydroxylation is 1. The smallest absolute Gasteiger partial charge is 0.258 e. The summed E-state index contributed by atoms with van der Waals surface area (Å²) < 4.78 is 0. The lowest BCUT2D eigenvalue weighted by Gasteiger charge is -2.41. The van der Waals surface area contributed by atoms with Gasteiger partial charge in [0.2, 0.25) is 11.8 Å². The summed E-state index contributed by atoms with van der Waals surface area (Å²) in [7, 11) is 1.72. The molecule has 2 aromatic heterocycles. The Kier molecular flexibility index (Phi) is 6.21. The first kappa shape index (κ1) is 23.0. The fourth-order valence-electron chi connectivity index (χ4n) is 4.74. The number of anilines is 1. The van der Waals surface area contributed by atoms with E-state index in [0.29, 0.717) is 29.6 Å². The molecule has 2 atom stereocenters. The van der Waals surface area contributed by atoms with Gasteiger partial charge in [-0.3, -0.25) is 14.4 Å². The summed E-state index contributed by atoms with van der Waals surface area (Å²) in [6, 6.07) is 18.5. The summed E-state index contributed by atoms with van der Waals surface area (Å²) >= 11 is 1.55. The van der Waals surface area contributed by atoms with E-state index in [4.69, 9.17) is 0 Å². The van der Waals surface area contributed by atoms with Crippen LogP contribution >= 0.6 is 11.3 Å². The monoisotopic (exact) mass is 486 g/mol. The van der Waals surface area contributed by atoms with Crippen molar-refractivity contribution in [3.8, 4) is 0 Å². The van der Waals surface area contributed by atoms with Crippen molar-refractivity contribution in [1.29, 1.82) is 0 Å². The quantitative estimate of drug-likeness (QED) is 0.452. The highest BCUT2D eigenvalue weighted by atomic mass is 32.1. The van der Waals surface area contributed by atoms with E-state index < -0.39 is 12.0 Å². The minimum absolute atomic E-state index is 0.0134. The Labute approximate surface area is 207 Å². The van der Waals surface area contributed by atoms with Crippen LogP contribution in [0.15, 0.2) is 70.8 Å². The molecule has 2 amide bonds. The second kappa shape index (κ2) is 9.46. The number of rotatable bonds is 5. The molecule has 1 aliphatic heterocycles. The summed E-state index contributed by atoms with van der Waals surface area (Å²) in [4.78, 5) is 51.1. The molecule has 1 aliphatic rings. The molecule has 1 fully saturated rings. The van der Waals surface area contributed by atoms with Crippen LogP contribution in [0.3, 0.4) is 0 Å². The van der Waals surface area contributed by atoms with Crippen LogP contribution < -0.4 is 10.5 Å². The number of nitrogens with one attached hydrogen (secondary N) is 1. The Bertz CT molecular complexity index is 1430. The summed E-state index contributed by atoms with van der Waals surface area (Å²) in [6.07, 6.45) is 0.764. The molecule has 35 heavy (non-hydrogen) atoms. The SMILES string of the molecule is Cc1ccc(N2C(=O)CC[C@@H](C(=O)N(C)Cc3nc4ccccc4c(=O)[nH]3)[C@@H]2c2cccs2)cc1. The predicted molar refractivity (Wildman–Crippen MR) is 137 cm³/mol. The number of hydrogen-bond donors (Lipinski definition) is 1. The van der Waals surface area contributed by atoms with E-state index in [1.807, 2.05) is 54.8 Å².